The highest BCUT2D eigenvalue weighted by molar-refractivity contribution is 6.42. The second-order valence-corrected chi connectivity index (χ2v) is 3.50. The van der Waals surface area contributed by atoms with Crippen molar-refractivity contribution in [2.45, 2.75) is 13.3 Å². The molecule has 0 amide bonds. The van der Waals surface area contributed by atoms with Crippen molar-refractivity contribution in [2.24, 2.45) is 0 Å². The molecule has 0 aliphatic carbocycles. The van der Waals surface area contributed by atoms with Crippen LogP contribution in [0.4, 0.5) is 5.69 Å². The predicted molar refractivity (Wildman–Crippen MR) is 58.0 cm³/mol. The lowest BCUT2D eigenvalue weighted by atomic mass is 10.1. The number of nitrogens with two attached hydrogens (primary N) is 1. The summed E-state index contributed by atoms with van der Waals surface area (Å²) in [5.41, 5.74) is 7.32. The molecular weight excluding hydrogens is 207 g/mol. The highest BCUT2D eigenvalue weighted by Gasteiger charge is 2.07. The summed E-state index contributed by atoms with van der Waals surface area (Å²) in [6.45, 7) is 1.89. The molecule has 0 bridgehead atoms. The zero-order valence-corrected chi connectivity index (χ0v) is 8.71. The van der Waals surface area contributed by atoms with Crippen LogP contribution in [0.5, 0.6) is 0 Å². The first-order valence-corrected chi connectivity index (χ1v) is 4.64. The summed E-state index contributed by atoms with van der Waals surface area (Å²) in [4.78, 5) is 0. The zero-order valence-electron chi connectivity index (χ0n) is 7.20. The number of nitrogen functional groups attached to an aromatic ring is 1. The Morgan fingerprint density at radius 3 is 2.46 bits per heavy atom. The molecular formula is C9H10Cl2N2. The minimum absolute atomic E-state index is 0.423. The van der Waals surface area contributed by atoms with Gasteiger partial charge in [0.25, 0.3) is 0 Å². The molecule has 70 valence electrons. The summed E-state index contributed by atoms with van der Waals surface area (Å²) in [6.07, 6.45) is 0.627. The van der Waals surface area contributed by atoms with Gasteiger partial charge >= 0.3 is 0 Å². The van der Waals surface area contributed by atoms with E-state index in [4.69, 9.17) is 34.3 Å². The highest BCUT2D eigenvalue weighted by Crippen LogP contribution is 2.27. The van der Waals surface area contributed by atoms with Crippen LogP contribution >= 0.6 is 23.2 Å². The van der Waals surface area contributed by atoms with Crippen molar-refractivity contribution in [1.82, 2.24) is 0 Å². The van der Waals surface area contributed by atoms with Gasteiger partial charge in [-0.05, 0) is 18.6 Å². The van der Waals surface area contributed by atoms with E-state index in [-0.39, 0.29) is 0 Å². The first kappa shape index (κ1) is 10.4. The van der Waals surface area contributed by atoms with Crippen LogP contribution in [0, 0.1) is 5.41 Å². The van der Waals surface area contributed by atoms with Crippen LogP contribution in [-0.4, -0.2) is 5.71 Å². The topological polar surface area (TPSA) is 49.9 Å². The Labute approximate surface area is 87.2 Å². The second kappa shape index (κ2) is 3.99. The summed E-state index contributed by atoms with van der Waals surface area (Å²) >= 11 is 11.6. The van der Waals surface area contributed by atoms with Crippen LogP contribution < -0.4 is 5.73 Å². The average Bonchev–Trinajstić information content (AvgIpc) is 2.10. The van der Waals surface area contributed by atoms with Gasteiger partial charge in [-0.25, -0.2) is 0 Å². The fraction of sp³-hybridized carbons (Fsp3) is 0.222. The van der Waals surface area contributed by atoms with Crippen LogP contribution in [0.2, 0.25) is 10.0 Å². The van der Waals surface area contributed by atoms with Crippen molar-refractivity contribution in [2.75, 3.05) is 5.73 Å². The van der Waals surface area contributed by atoms with Gasteiger partial charge in [-0.2, -0.15) is 0 Å². The third kappa shape index (κ3) is 2.14. The molecule has 0 spiro atoms. The fourth-order valence-corrected chi connectivity index (χ4v) is 1.35. The maximum Gasteiger partial charge on any atom is 0.0613 e. The molecule has 2 nitrogen and oxygen atoms in total. The van der Waals surface area contributed by atoms with Crippen molar-refractivity contribution in [1.29, 1.82) is 5.41 Å². The zero-order chi connectivity index (χ0) is 10.0. The van der Waals surface area contributed by atoms with Gasteiger partial charge in [0.1, 0.15) is 0 Å². The van der Waals surface area contributed by atoms with Gasteiger partial charge in [0.15, 0.2) is 0 Å². The summed E-state index contributed by atoms with van der Waals surface area (Å²) < 4.78 is 0. The normalized spacial score (nSPS) is 10.1. The molecule has 0 atom stereocenters. The van der Waals surface area contributed by atoms with E-state index in [0.29, 0.717) is 33.4 Å². The van der Waals surface area contributed by atoms with E-state index >= 15 is 0 Å². The Balaban J connectivity index is 3.23. The van der Waals surface area contributed by atoms with Gasteiger partial charge in [0, 0.05) is 17.0 Å². The molecule has 1 aromatic carbocycles. The summed E-state index contributed by atoms with van der Waals surface area (Å²) in [5.74, 6) is 0. The number of nitrogens with one attached hydrogen (secondary N) is 1. The summed E-state index contributed by atoms with van der Waals surface area (Å²) in [5, 5.41) is 8.46. The lowest BCUT2D eigenvalue weighted by molar-refractivity contribution is 1.24. The Kier molecular flexibility index (Phi) is 3.17. The van der Waals surface area contributed by atoms with Gasteiger partial charge in [0.05, 0.1) is 10.0 Å². The molecule has 13 heavy (non-hydrogen) atoms. The number of hydrogen-bond donors (Lipinski definition) is 2. The second-order valence-electron chi connectivity index (χ2n) is 2.69. The van der Waals surface area contributed by atoms with Crippen molar-refractivity contribution >= 4 is 34.6 Å². The first-order chi connectivity index (χ1) is 6.06. The molecule has 0 aliphatic rings. The molecule has 0 aromatic heterocycles. The molecule has 1 rings (SSSR count). The highest BCUT2D eigenvalue weighted by atomic mass is 35.5. The summed E-state index contributed by atoms with van der Waals surface area (Å²) in [7, 11) is 0. The molecule has 0 radical (unpaired) electrons. The number of anilines is 1. The number of halogens is 2. The molecule has 0 heterocycles. The summed E-state index contributed by atoms with van der Waals surface area (Å²) in [6, 6.07) is 3.20. The monoisotopic (exact) mass is 216 g/mol. The maximum absolute atomic E-state index is 7.60. The molecule has 0 saturated carbocycles. The van der Waals surface area contributed by atoms with E-state index in [9.17, 15) is 0 Å². The van der Waals surface area contributed by atoms with Crippen LogP contribution in [0.25, 0.3) is 0 Å². The van der Waals surface area contributed by atoms with Crippen LogP contribution in [0.1, 0.15) is 18.9 Å². The van der Waals surface area contributed by atoms with Gasteiger partial charge < -0.3 is 11.1 Å². The van der Waals surface area contributed by atoms with Crippen LogP contribution in [0.15, 0.2) is 12.1 Å². The molecule has 4 heteroatoms. The van der Waals surface area contributed by atoms with E-state index < -0.39 is 0 Å². The number of hydrogen-bond acceptors (Lipinski definition) is 2. The Morgan fingerprint density at radius 2 is 1.92 bits per heavy atom. The minimum atomic E-state index is 0.423. The van der Waals surface area contributed by atoms with E-state index in [1.165, 1.54) is 0 Å². The third-order valence-electron chi connectivity index (χ3n) is 1.77. The Hall–Kier alpha value is -0.730. The van der Waals surface area contributed by atoms with E-state index in [1.54, 1.807) is 12.1 Å². The minimum Gasteiger partial charge on any atom is -0.398 e. The van der Waals surface area contributed by atoms with E-state index in [0.717, 1.165) is 0 Å². The lowest BCUT2D eigenvalue weighted by Crippen LogP contribution is -2.02. The van der Waals surface area contributed by atoms with Crippen molar-refractivity contribution in [3.63, 3.8) is 0 Å². The predicted octanol–water partition coefficient (Wildman–Crippen LogP) is 3.35. The molecule has 3 N–H and O–H groups in total. The molecule has 0 fully saturated rings. The van der Waals surface area contributed by atoms with Gasteiger partial charge in [-0.15, -0.1) is 0 Å². The van der Waals surface area contributed by atoms with Crippen LogP contribution in [-0.2, 0) is 0 Å². The Morgan fingerprint density at radius 1 is 1.38 bits per heavy atom. The fourth-order valence-electron chi connectivity index (χ4n) is 1.01. The quantitative estimate of drug-likeness (QED) is 0.579. The maximum atomic E-state index is 7.60. The van der Waals surface area contributed by atoms with Crippen molar-refractivity contribution in [3.05, 3.63) is 27.7 Å². The standard InChI is InChI=1S/C9H10Cl2N2/c1-2-8(12)5-3-6(10)7(11)4-9(5)13/h3-4,12H,2,13H2,1H3. The van der Waals surface area contributed by atoms with E-state index in [2.05, 4.69) is 0 Å². The smallest absolute Gasteiger partial charge is 0.0613 e. The van der Waals surface area contributed by atoms with Crippen LogP contribution in [0.3, 0.4) is 0 Å². The lowest BCUT2D eigenvalue weighted by Gasteiger charge is -2.07. The molecule has 0 saturated heterocycles. The average molecular weight is 217 g/mol. The molecule has 0 aliphatic heterocycles. The Bertz CT molecular complexity index is 348. The van der Waals surface area contributed by atoms with Crippen molar-refractivity contribution in [3.8, 4) is 0 Å². The van der Waals surface area contributed by atoms with Crippen molar-refractivity contribution < 1.29 is 0 Å². The molecule has 0 unspecified atom stereocenters. The van der Waals surface area contributed by atoms with E-state index in [1.807, 2.05) is 6.92 Å². The third-order valence-corrected chi connectivity index (χ3v) is 2.49. The van der Waals surface area contributed by atoms with Gasteiger partial charge in [-0.1, -0.05) is 30.1 Å². The first-order valence-electron chi connectivity index (χ1n) is 3.88. The van der Waals surface area contributed by atoms with Gasteiger partial charge in [0.2, 0.25) is 0 Å². The largest absolute Gasteiger partial charge is 0.398 e. The van der Waals surface area contributed by atoms with Gasteiger partial charge in [-0.3, -0.25) is 0 Å². The molecule has 1 aromatic rings. The number of benzene rings is 1. The SMILES string of the molecule is CCC(=N)c1cc(Cl)c(Cl)cc1N. The number of rotatable bonds is 2.